The second-order valence-electron chi connectivity index (χ2n) is 4.84. The molecule has 1 aromatic carbocycles. The molecular formula is C15H21N3O. The van der Waals surface area contributed by atoms with Gasteiger partial charge in [-0.15, -0.1) is 0 Å². The maximum absolute atomic E-state index is 5.49. The number of rotatable bonds is 4. The van der Waals surface area contributed by atoms with Crippen LogP contribution in [-0.2, 0) is 6.54 Å². The molecule has 0 saturated heterocycles. The fourth-order valence-corrected chi connectivity index (χ4v) is 2.19. The molecule has 2 aromatic rings. The Kier molecular flexibility index (Phi) is 3.90. The van der Waals surface area contributed by atoms with Crippen LogP contribution < -0.4 is 10.1 Å². The SMILES string of the molecule is CNCc1[nH]nc(-c2cc(C)c(C)cc2OC)c1C. The predicted octanol–water partition coefficient (Wildman–Crippen LogP) is 2.73. The minimum absolute atomic E-state index is 0.784. The van der Waals surface area contributed by atoms with E-state index in [0.29, 0.717) is 0 Å². The minimum Gasteiger partial charge on any atom is -0.496 e. The summed E-state index contributed by atoms with van der Waals surface area (Å²) in [5, 5.41) is 10.7. The highest BCUT2D eigenvalue weighted by molar-refractivity contribution is 5.72. The van der Waals surface area contributed by atoms with Crippen molar-refractivity contribution in [2.24, 2.45) is 0 Å². The first kappa shape index (κ1) is 13.6. The maximum Gasteiger partial charge on any atom is 0.128 e. The molecule has 0 radical (unpaired) electrons. The van der Waals surface area contributed by atoms with Crippen molar-refractivity contribution >= 4 is 0 Å². The lowest BCUT2D eigenvalue weighted by Crippen LogP contribution is -2.06. The first-order valence-electron chi connectivity index (χ1n) is 6.42. The van der Waals surface area contributed by atoms with Crippen LogP contribution >= 0.6 is 0 Å². The van der Waals surface area contributed by atoms with Crippen LogP contribution in [0.5, 0.6) is 5.75 Å². The number of nitrogens with one attached hydrogen (secondary N) is 2. The van der Waals surface area contributed by atoms with E-state index in [9.17, 15) is 0 Å². The monoisotopic (exact) mass is 259 g/mol. The zero-order valence-corrected chi connectivity index (χ0v) is 12.2. The van der Waals surface area contributed by atoms with E-state index in [1.54, 1.807) is 7.11 Å². The highest BCUT2D eigenvalue weighted by Crippen LogP contribution is 2.33. The summed E-state index contributed by atoms with van der Waals surface area (Å²) in [5.74, 6) is 0.869. The molecular weight excluding hydrogens is 238 g/mol. The Morgan fingerprint density at radius 2 is 1.89 bits per heavy atom. The zero-order valence-electron chi connectivity index (χ0n) is 12.2. The summed E-state index contributed by atoms with van der Waals surface area (Å²) in [7, 11) is 3.63. The number of nitrogens with zero attached hydrogens (tertiary/aromatic N) is 1. The highest BCUT2D eigenvalue weighted by atomic mass is 16.5. The number of benzene rings is 1. The van der Waals surface area contributed by atoms with Gasteiger partial charge in [0.1, 0.15) is 5.75 Å². The van der Waals surface area contributed by atoms with Gasteiger partial charge in [-0.1, -0.05) is 0 Å². The molecule has 0 aliphatic rings. The molecule has 0 aliphatic heterocycles. The predicted molar refractivity (Wildman–Crippen MR) is 77.6 cm³/mol. The van der Waals surface area contributed by atoms with E-state index >= 15 is 0 Å². The first-order chi connectivity index (χ1) is 9.08. The van der Waals surface area contributed by atoms with E-state index in [4.69, 9.17) is 4.74 Å². The lowest BCUT2D eigenvalue weighted by molar-refractivity contribution is 0.416. The molecule has 2 N–H and O–H groups in total. The van der Waals surface area contributed by atoms with Crippen molar-refractivity contribution < 1.29 is 4.74 Å². The van der Waals surface area contributed by atoms with Crippen LogP contribution in [0.4, 0.5) is 0 Å². The average Bonchev–Trinajstić information content (AvgIpc) is 2.74. The smallest absolute Gasteiger partial charge is 0.128 e. The van der Waals surface area contributed by atoms with E-state index in [0.717, 1.165) is 34.8 Å². The van der Waals surface area contributed by atoms with Crippen molar-refractivity contribution in [3.8, 4) is 17.0 Å². The van der Waals surface area contributed by atoms with Gasteiger partial charge in [0, 0.05) is 12.1 Å². The highest BCUT2D eigenvalue weighted by Gasteiger charge is 2.15. The summed E-state index contributed by atoms with van der Waals surface area (Å²) in [6.07, 6.45) is 0. The summed E-state index contributed by atoms with van der Waals surface area (Å²) in [6, 6.07) is 4.21. The Balaban J connectivity index is 2.55. The van der Waals surface area contributed by atoms with Crippen LogP contribution in [0.3, 0.4) is 0 Å². The Hall–Kier alpha value is -1.81. The number of methoxy groups -OCH3 is 1. The third-order valence-electron chi connectivity index (χ3n) is 3.54. The lowest BCUT2D eigenvalue weighted by atomic mass is 10.0. The molecule has 0 fully saturated rings. The lowest BCUT2D eigenvalue weighted by Gasteiger charge is -2.11. The molecule has 4 nitrogen and oxygen atoms in total. The van der Waals surface area contributed by atoms with Crippen molar-refractivity contribution in [3.05, 3.63) is 34.5 Å². The standard InChI is InChI=1S/C15H21N3O/c1-9-6-12(14(19-5)7-10(9)2)15-11(3)13(8-16-4)17-18-15/h6-7,16H,8H2,1-5H3,(H,17,18). The van der Waals surface area contributed by atoms with Crippen LogP contribution in [-0.4, -0.2) is 24.4 Å². The number of hydrogen-bond acceptors (Lipinski definition) is 3. The van der Waals surface area contributed by atoms with Crippen LogP contribution in [0, 0.1) is 20.8 Å². The Bertz CT molecular complexity index is 587. The van der Waals surface area contributed by atoms with Crippen LogP contribution in [0.15, 0.2) is 12.1 Å². The van der Waals surface area contributed by atoms with Gasteiger partial charge in [-0.2, -0.15) is 5.10 Å². The zero-order chi connectivity index (χ0) is 14.0. The van der Waals surface area contributed by atoms with Gasteiger partial charge in [-0.25, -0.2) is 0 Å². The molecule has 1 aromatic heterocycles. The average molecular weight is 259 g/mol. The number of hydrogen-bond donors (Lipinski definition) is 2. The van der Waals surface area contributed by atoms with Gasteiger partial charge in [0.05, 0.1) is 18.5 Å². The molecule has 1 heterocycles. The minimum atomic E-state index is 0.784. The second kappa shape index (κ2) is 5.45. The van der Waals surface area contributed by atoms with Crippen LogP contribution in [0.1, 0.15) is 22.4 Å². The normalized spacial score (nSPS) is 10.8. The van der Waals surface area contributed by atoms with E-state index in [1.165, 1.54) is 11.1 Å². The Labute approximate surface area is 114 Å². The first-order valence-corrected chi connectivity index (χ1v) is 6.42. The molecule has 0 amide bonds. The maximum atomic E-state index is 5.49. The number of H-pyrrole nitrogens is 1. The molecule has 0 atom stereocenters. The number of aromatic amines is 1. The van der Waals surface area contributed by atoms with Gasteiger partial charge >= 0.3 is 0 Å². The summed E-state index contributed by atoms with van der Waals surface area (Å²) < 4.78 is 5.49. The van der Waals surface area contributed by atoms with Gasteiger partial charge in [0.2, 0.25) is 0 Å². The molecule has 0 spiro atoms. The van der Waals surface area contributed by atoms with Gasteiger partial charge in [-0.3, -0.25) is 5.10 Å². The van der Waals surface area contributed by atoms with E-state index in [2.05, 4.69) is 48.4 Å². The molecule has 0 aliphatic carbocycles. The third kappa shape index (κ3) is 2.49. The van der Waals surface area contributed by atoms with Crippen LogP contribution in [0.2, 0.25) is 0 Å². The summed E-state index contributed by atoms with van der Waals surface area (Å²) in [4.78, 5) is 0. The van der Waals surface area contributed by atoms with Crippen molar-refractivity contribution in [1.29, 1.82) is 0 Å². The number of ether oxygens (including phenoxy) is 1. The van der Waals surface area contributed by atoms with Crippen LogP contribution in [0.25, 0.3) is 11.3 Å². The molecule has 0 unspecified atom stereocenters. The molecule has 0 bridgehead atoms. The summed E-state index contributed by atoms with van der Waals surface area (Å²) in [5.41, 5.74) is 6.75. The Morgan fingerprint density at radius 1 is 1.21 bits per heavy atom. The van der Waals surface area contributed by atoms with Crippen molar-refractivity contribution in [3.63, 3.8) is 0 Å². The fraction of sp³-hybridized carbons (Fsp3) is 0.400. The van der Waals surface area contributed by atoms with Gasteiger partial charge in [-0.05, 0) is 56.6 Å². The Morgan fingerprint density at radius 3 is 2.53 bits per heavy atom. The van der Waals surface area contributed by atoms with Gasteiger partial charge < -0.3 is 10.1 Å². The van der Waals surface area contributed by atoms with Crippen molar-refractivity contribution in [1.82, 2.24) is 15.5 Å². The van der Waals surface area contributed by atoms with Crippen molar-refractivity contribution in [2.75, 3.05) is 14.2 Å². The molecule has 19 heavy (non-hydrogen) atoms. The van der Waals surface area contributed by atoms with Gasteiger partial charge in [0.15, 0.2) is 0 Å². The van der Waals surface area contributed by atoms with E-state index in [-0.39, 0.29) is 0 Å². The molecule has 0 saturated carbocycles. The van der Waals surface area contributed by atoms with Crippen molar-refractivity contribution in [2.45, 2.75) is 27.3 Å². The molecule has 4 heteroatoms. The van der Waals surface area contributed by atoms with Gasteiger partial charge in [0.25, 0.3) is 0 Å². The quantitative estimate of drug-likeness (QED) is 0.887. The molecule has 102 valence electrons. The van der Waals surface area contributed by atoms with E-state index in [1.807, 2.05) is 7.05 Å². The second-order valence-corrected chi connectivity index (χ2v) is 4.84. The largest absolute Gasteiger partial charge is 0.496 e. The number of aryl methyl sites for hydroxylation is 2. The third-order valence-corrected chi connectivity index (χ3v) is 3.54. The molecule has 2 rings (SSSR count). The summed E-state index contributed by atoms with van der Waals surface area (Å²) in [6.45, 7) is 7.06. The topological polar surface area (TPSA) is 49.9 Å². The fourth-order valence-electron chi connectivity index (χ4n) is 2.19. The summed E-state index contributed by atoms with van der Waals surface area (Å²) >= 11 is 0. The number of aromatic nitrogens is 2. The van der Waals surface area contributed by atoms with E-state index < -0.39 is 0 Å².